The molecular weight excluding hydrogens is 282 g/mol. The summed E-state index contributed by atoms with van der Waals surface area (Å²) in [4.78, 5) is 26.1. The van der Waals surface area contributed by atoms with Gasteiger partial charge in [0.05, 0.1) is 5.69 Å². The monoisotopic (exact) mass is 305 g/mol. The van der Waals surface area contributed by atoms with Crippen molar-refractivity contribution >= 4 is 17.6 Å². The Kier molecular flexibility index (Phi) is 3.94. The lowest BCUT2D eigenvalue weighted by Gasteiger charge is -2.46. The lowest BCUT2D eigenvalue weighted by molar-refractivity contribution is -0.148. The molecule has 0 bridgehead atoms. The molecule has 0 saturated heterocycles. The fraction of sp³-hybridized carbons (Fsp3) is 0.529. The molecule has 2 rings (SSSR count). The highest BCUT2D eigenvalue weighted by molar-refractivity contribution is 6.08. The SMILES string of the molecule is CCC1(CC)Oc2cc(C)ccc2N(C(C)(C)C(=O)O)C1=O. The topological polar surface area (TPSA) is 66.8 Å². The standard InChI is InChI=1S/C17H23NO4/c1-6-17(7-2)14(19)18(16(4,5)15(20)21)12-9-8-11(3)10-13(12)22-17/h8-10H,6-7H2,1-5H3,(H,20,21). The van der Waals surface area contributed by atoms with Crippen molar-refractivity contribution in [3.8, 4) is 5.75 Å². The van der Waals surface area contributed by atoms with Gasteiger partial charge in [0.25, 0.3) is 5.91 Å². The van der Waals surface area contributed by atoms with Crippen LogP contribution in [0.2, 0.25) is 0 Å². The van der Waals surface area contributed by atoms with E-state index in [0.717, 1.165) is 5.56 Å². The molecule has 0 unspecified atom stereocenters. The quantitative estimate of drug-likeness (QED) is 0.928. The zero-order chi connectivity index (χ0) is 16.7. The highest BCUT2D eigenvalue weighted by Gasteiger charge is 2.52. The van der Waals surface area contributed by atoms with Crippen LogP contribution in [0.5, 0.6) is 5.75 Å². The smallest absolute Gasteiger partial charge is 0.329 e. The minimum Gasteiger partial charge on any atom is -0.480 e. The molecule has 1 aliphatic heterocycles. The Morgan fingerprint density at radius 1 is 1.32 bits per heavy atom. The predicted molar refractivity (Wildman–Crippen MR) is 84.3 cm³/mol. The van der Waals surface area contributed by atoms with E-state index in [4.69, 9.17) is 4.74 Å². The number of benzene rings is 1. The number of amides is 1. The fourth-order valence-electron chi connectivity index (χ4n) is 2.80. The van der Waals surface area contributed by atoms with Crippen LogP contribution in [0, 0.1) is 6.92 Å². The van der Waals surface area contributed by atoms with Crippen LogP contribution in [-0.4, -0.2) is 28.1 Å². The number of hydrogen-bond donors (Lipinski definition) is 1. The largest absolute Gasteiger partial charge is 0.480 e. The number of nitrogens with zero attached hydrogens (tertiary/aromatic N) is 1. The highest BCUT2D eigenvalue weighted by Crippen LogP contribution is 2.44. The number of carbonyl (C=O) groups excluding carboxylic acids is 1. The second kappa shape index (κ2) is 5.30. The fourth-order valence-corrected chi connectivity index (χ4v) is 2.80. The minimum atomic E-state index is -1.35. The molecule has 120 valence electrons. The van der Waals surface area contributed by atoms with E-state index in [9.17, 15) is 14.7 Å². The van der Waals surface area contributed by atoms with E-state index in [0.29, 0.717) is 24.3 Å². The molecule has 0 fully saturated rings. The van der Waals surface area contributed by atoms with Crippen molar-refractivity contribution in [2.45, 2.75) is 58.6 Å². The van der Waals surface area contributed by atoms with Gasteiger partial charge in [0, 0.05) is 0 Å². The average molecular weight is 305 g/mol. The summed E-state index contributed by atoms with van der Waals surface area (Å²) >= 11 is 0. The maximum absolute atomic E-state index is 13.0. The zero-order valence-corrected chi connectivity index (χ0v) is 13.8. The van der Waals surface area contributed by atoms with E-state index in [-0.39, 0.29) is 5.91 Å². The van der Waals surface area contributed by atoms with Crippen LogP contribution in [0.4, 0.5) is 5.69 Å². The molecule has 0 aromatic heterocycles. The molecule has 5 nitrogen and oxygen atoms in total. The molecule has 1 aromatic carbocycles. The van der Waals surface area contributed by atoms with Gasteiger partial charge >= 0.3 is 5.97 Å². The third kappa shape index (κ3) is 2.25. The maximum Gasteiger partial charge on any atom is 0.329 e. The van der Waals surface area contributed by atoms with Gasteiger partial charge in [-0.1, -0.05) is 19.9 Å². The van der Waals surface area contributed by atoms with Crippen molar-refractivity contribution in [2.24, 2.45) is 0 Å². The number of anilines is 1. The van der Waals surface area contributed by atoms with Gasteiger partial charge in [-0.2, -0.15) is 0 Å². The van der Waals surface area contributed by atoms with Crippen molar-refractivity contribution in [2.75, 3.05) is 4.90 Å². The molecule has 0 saturated carbocycles. The molecule has 1 aliphatic rings. The maximum atomic E-state index is 13.0. The first kappa shape index (κ1) is 16.3. The van der Waals surface area contributed by atoms with Gasteiger partial charge < -0.3 is 9.84 Å². The Hall–Kier alpha value is -2.04. The van der Waals surface area contributed by atoms with Crippen LogP contribution in [-0.2, 0) is 9.59 Å². The van der Waals surface area contributed by atoms with Crippen LogP contribution < -0.4 is 9.64 Å². The average Bonchev–Trinajstić information content (AvgIpc) is 2.46. The summed E-state index contributed by atoms with van der Waals surface area (Å²) in [5.41, 5.74) is -0.837. The molecule has 22 heavy (non-hydrogen) atoms. The first-order valence-corrected chi connectivity index (χ1v) is 7.57. The molecule has 1 N–H and O–H groups in total. The Balaban J connectivity index is 2.70. The number of rotatable bonds is 4. The zero-order valence-electron chi connectivity index (χ0n) is 13.8. The number of carboxylic acids is 1. The van der Waals surface area contributed by atoms with Crippen LogP contribution in [0.1, 0.15) is 46.1 Å². The number of fused-ring (bicyclic) bond motifs is 1. The lowest BCUT2D eigenvalue weighted by Crippen LogP contribution is -2.64. The molecular formula is C17H23NO4. The van der Waals surface area contributed by atoms with E-state index in [1.54, 1.807) is 6.07 Å². The van der Waals surface area contributed by atoms with Crippen LogP contribution in [0.25, 0.3) is 0 Å². The minimum absolute atomic E-state index is 0.291. The molecule has 0 radical (unpaired) electrons. The summed E-state index contributed by atoms with van der Waals surface area (Å²) < 4.78 is 6.03. The van der Waals surface area contributed by atoms with Gasteiger partial charge in [0.2, 0.25) is 0 Å². The summed E-state index contributed by atoms with van der Waals surface area (Å²) in [6, 6.07) is 5.46. The third-order valence-electron chi connectivity index (χ3n) is 4.48. The number of ether oxygens (including phenoxy) is 1. The van der Waals surface area contributed by atoms with Gasteiger partial charge in [-0.3, -0.25) is 9.69 Å². The van der Waals surface area contributed by atoms with Crippen molar-refractivity contribution in [1.29, 1.82) is 0 Å². The second-order valence-corrected chi connectivity index (χ2v) is 6.28. The molecule has 5 heteroatoms. The van der Waals surface area contributed by atoms with Gasteiger partial charge in [-0.25, -0.2) is 4.79 Å². The van der Waals surface area contributed by atoms with E-state index in [1.807, 2.05) is 32.9 Å². The highest BCUT2D eigenvalue weighted by atomic mass is 16.5. The summed E-state index contributed by atoms with van der Waals surface area (Å²) in [7, 11) is 0. The first-order valence-electron chi connectivity index (χ1n) is 7.57. The number of aliphatic carboxylic acids is 1. The molecule has 1 amide bonds. The molecule has 1 heterocycles. The second-order valence-electron chi connectivity index (χ2n) is 6.28. The summed E-state index contributed by atoms with van der Waals surface area (Å²) in [6.07, 6.45) is 0.976. The molecule has 1 aromatic rings. The lowest BCUT2D eigenvalue weighted by atomic mass is 9.89. The molecule has 0 aliphatic carbocycles. The summed E-state index contributed by atoms with van der Waals surface area (Å²) in [6.45, 7) is 8.78. The molecule has 0 atom stereocenters. The van der Waals surface area contributed by atoms with E-state index >= 15 is 0 Å². The van der Waals surface area contributed by atoms with Gasteiger partial charge in [0.1, 0.15) is 11.3 Å². The number of hydrogen-bond acceptors (Lipinski definition) is 3. The van der Waals surface area contributed by atoms with Crippen molar-refractivity contribution < 1.29 is 19.4 Å². The number of aryl methyl sites for hydroxylation is 1. The predicted octanol–water partition coefficient (Wildman–Crippen LogP) is 3.14. The first-order chi connectivity index (χ1) is 10.2. The Labute approximate surface area is 130 Å². The third-order valence-corrected chi connectivity index (χ3v) is 4.48. The van der Waals surface area contributed by atoms with Crippen molar-refractivity contribution in [1.82, 2.24) is 0 Å². The Morgan fingerprint density at radius 3 is 2.41 bits per heavy atom. The number of carbonyl (C=O) groups is 2. The van der Waals surface area contributed by atoms with E-state index in [1.165, 1.54) is 18.7 Å². The Bertz CT molecular complexity index is 617. The summed E-state index contributed by atoms with van der Waals surface area (Å²) in [5, 5.41) is 9.57. The van der Waals surface area contributed by atoms with Gasteiger partial charge in [0.15, 0.2) is 5.60 Å². The van der Waals surface area contributed by atoms with E-state index < -0.39 is 17.1 Å². The van der Waals surface area contributed by atoms with Crippen molar-refractivity contribution in [3.63, 3.8) is 0 Å². The number of carboxylic acid groups (broad SMARTS) is 1. The van der Waals surface area contributed by atoms with Crippen molar-refractivity contribution in [3.05, 3.63) is 23.8 Å². The molecule has 0 spiro atoms. The van der Waals surface area contributed by atoms with Gasteiger partial charge in [-0.15, -0.1) is 0 Å². The van der Waals surface area contributed by atoms with Crippen LogP contribution >= 0.6 is 0 Å². The summed E-state index contributed by atoms with van der Waals surface area (Å²) in [5.74, 6) is -0.769. The van der Waals surface area contributed by atoms with Crippen LogP contribution in [0.15, 0.2) is 18.2 Å². The van der Waals surface area contributed by atoms with E-state index in [2.05, 4.69) is 0 Å². The normalized spacial score (nSPS) is 17.0. The van der Waals surface area contributed by atoms with Gasteiger partial charge in [-0.05, 0) is 51.3 Å². The van der Waals surface area contributed by atoms with Crippen LogP contribution in [0.3, 0.4) is 0 Å². The Morgan fingerprint density at radius 2 is 1.91 bits per heavy atom.